The van der Waals surface area contributed by atoms with Gasteiger partial charge in [0, 0.05) is 10.1 Å². The van der Waals surface area contributed by atoms with E-state index in [9.17, 15) is 13.2 Å². The minimum absolute atomic E-state index is 0.0438. The van der Waals surface area contributed by atoms with E-state index in [0.717, 1.165) is 9.13 Å². The second-order valence-electron chi connectivity index (χ2n) is 6.72. The first-order valence-electron chi connectivity index (χ1n) is 9.42. The lowest BCUT2D eigenvalue weighted by atomic mass is 9.91. The maximum atomic E-state index is 13.6. The molecule has 5 nitrogen and oxygen atoms in total. The predicted molar refractivity (Wildman–Crippen MR) is 128 cm³/mol. The molecule has 0 saturated heterocycles. The Bertz CT molecular complexity index is 1020. The van der Waals surface area contributed by atoms with E-state index in [1.165, 1.54) is 17.5 Å². The van der Waals surface area contributed by atoms with Crippen LogP contribution in [0.2, 0.25) is 0 Å². The first-order chi connectivity index (χ1) is 14.3. The maximum Gasteiger partial charge on any atom is 0.315 e. The number of rotatable bonds is 9. The van der Waals surface area contributed by atoms with Crippen molar-refractivity contribution in [3.05, 3.63) is 88.0 Å². The van der Waals surface area contributed by atoms with Crippen LogP contribution in [0.4, 0.5) is 0 Å². The molecule has 0 aliphatic heterocycles. The van der Waals surface area contributed by atoms with Gasteiger partial charge in [-0.05, 0) is 60.2 Å². The summed E-state index contributed by atoms with van der Waals surface area (Å²) < 4.78 is 34.4. The Labute approximate surface area is 192 Å². The van der Waals surface area contributed by atoms with Crippen molar-refractivity contribution in [2.75, 3.05) is 13.7 Å². The number of hydrogen-bond acceptors (Lipinski definition) is 4. The first kappa shape index (κ1) is 24.3. The highest BCUT2D eigenvalue weighted by molar-refractivity contribution is 14.1. The number of methoxy groups -OCH3 is 1. The van der Waals surface area contributed by atoms with Crippen molar-refractivity contribution in [3.63, 3.8) is 0 Å². The average molecular weight is 539 g/mol. The molecule has 0 unspecified atom stereocenters. The molecule has 0 aromatic heterocycles. The van der Waals surface area contributed by atoms with Gasteiger partial charge in [-0.15, -0.1) is 6.58 Å². The van der Waals surface area contributed by atoms with Crippen LogP contribution in [-0.4, -0.2) is 38.4 Å². The van der Waals surface area contributed by atoms with E-state index >= 15 is 0 Å². The highest BCUT2D eigenvalue weighted by Gasteiger charge is 2.39. The van der Waals surface area contributed by atoms with Crippen LogP contribution in [0, 0.1) is 10.5 Å². The van der Waals surface area contributed by atoms with E-state index in [2.05, 4.69) is 29.2 Å². The number of esters is 1. The summed E-state index contributed by atoms with van der Waals surface area (Å²) in [7, 11) is -2.60. The minimum atomic E-state index is -3.91. The molecule has 0 saturated carbocycles. The van der Waals surface area contributed by atoms with Gasteiger partial charge in [0.2, 0.25) is 10.0 Å². The largest absolute Gasteiger partial charge is 0.468 e. The van der Waals surface area contributed by atoms with Gasteiger partial charge in [-0.25, -0.2) is 8.42 Å². The molecule has 2 aromatic carbocycles. The summed E-state index contributed by atoms with van der Waals surface area (Å²) in [6, 6.07) is 13.3. The third kappa shape index (κ3) is 5.39. The summed E-state index contributed by atoms with van der Waals surface area (Å²) in [6.45, 7) is 7.46. The summed E-state index contributed by atoms with van der Waals surface area (Å²) in [5.74, 6) is -1.34. The molecule has 30 heavy (non-hydrogen) atoms. The molecule has 0 aliphatic carbocycles. The van der Waals surface area contributed by atoms with Crippen molar-refractivity contribution in [2.45, 2.75) is 30.7 Å². The van der Waals surface area contributed by atoms with Crippen LogP contribution < -0.4 is 0 Å². The summed E-state index contributed by atoms with van der Waals surface area (Å²) in [5, 5.41) is 0. The number of allylic oxidation sites excluding steroid dienone is 1. The minimum Gasteiger partial charge on any atom is -0.468 e. The van der Waals surface area contributed by atoms with E-state index in [0.29, 0.717) is 5.56 Å². The van der Waals surface area contributed by atoms with Gasteiger partial charge in [-0.2, -0.15) is 4.31 Å². The molecule has 0 bridgehead atoms. The highest BCUT2D eigenvalue weighted by atomic mass is 127. The van der Waals surface area contributed by atoms with E-state index < -0.39 is 28.0 Å². The van der Waals surface area contributed by atoms with Gasteiger partial charge >= 0.3 is 5.97 Å². The Morgan fingerprint density at radius 2 is 1.83 bits per heavy atom. The number of benzene rings is 2. The SMILES string of the molecule is C=CCN([C@H](/C=C/C)[C@H](C(=O)OC)c1ccccc1I)S(=O)(=O)c1ccc(C)cc1. The fourth-order valence-corrected chi connectivity index (χ4v) is 5.52. The van der Waals surface area contributed by atoms with Crippen molar-refractivity contribution in [1.82, 2.24) is 4.31 Å². The number of carbonyl (C=O) groups is 1. The fraction of sp³-hybridized carbons (Fsp3) is 0.261. The Morgan fingerprint density at radius 3 is 2.37 bits per heavy atom. The first-order valence-corrected chi connectivity index (χ1v) is 11.9. The van der Waals surface area contributed by atoms with Gasteiger partial charge in [0.15, 0.2) is 0 Å². The molecular formula is C23H26INO4S. The zero-order valence-electron chi connectivity index (χ0n) is 17.3. The molecule has 2 rings (SSSR count). The normalized spacial score (nSPS) is 13.9. The van der Waals surface area contributed by atoms with E-state index in [1.54, 1.807) is 43.3 Å². The van der Waals surface area contributed by atoms with Crippen LogP contribution >= 0.6 is 22.6 Å². The van der Waals surface area contributed by atoms with Crippen molar-refractivity contribution in [2.24, 2.45) is 0 Å². The van der Waals surface area contributed by atoms with Gasteiger partial charge in [-0.3, -0.25) is 4.79 Å². The second-order valence-corrected chi connectivity index (χ2v) is 9.77. The molecule has 2 aromatic rings. The Balaban J connectivity index is 2.69. The summed E-state index contributed by atoms with van der Waals surface area (Å²) in [6.07, 6.45) is 4.99. The van der Waals surface area contributed by atoms with Gasteiger partial charge < -0.3 is 4.74 Å². The third-order valence-corrected chi connectivity index (χ3v) is 7.56. The third-order valence-electron chi connectivity index (χ3n) is 4.70. The molecule has 0 heterocycles. The summed E-state index contributed by atoms with van der Waals surface area (Å²) in [4.78, 5) is 13.1. The summed E-state index contributed by atoms with van der Waals surface area (Å²) >= 11 is 2.15. The molecule has 2 atom stereocenters. The topological polar surface area (TPSA) is 63.7 Å². The zero-order chi connectivity index (χ0) is 22.3. The Kier molecular flexibility index (Phi) is 8.81. The smallest absolute Gasteiger partial charge is 0.315 e. The van der Waals surface area contributed by atoms with Gasteiger partial charge in [0.1, 0.15) is 5.92 Å². The van der Waals surface area contributed by atoms with E-state index in [4.69, 9.17) is 4.74 Å². The highest BCUT2D eigenvalue weighted by Crippen LogP contribution is 2.33. The maximum absolute atomic E-state index is 13.6. The molecule has 0 radical (unpaired) electrons. The zero-order valence-corrected chi connectivity index (χ0v) is 20.3. The van der Waals surface area contributed by atoms with Crippen molar-refractivity contribution in [1.29, 1.82) is 0 Å². The molecule has 0 amide bonds. The monoisotopic (exact) mass is 539 g/mol. The molecule has 0 spiro atoms. The quantitative estimate of drug-likeness (QED) is 0.264. The number of carbonyl (C=O) groups excluding carboxylic acids is 1. The standard InChI is InChI=1S/C23H26INO4S/c1-5-9-21(22(23(26)29-4)19-10-7-8-11-20(19)24)25(16-6-2)30(27,28)18-14-12-17(3)13-15-18/h5-15,21-22H,2,16H2,1,3-4H3/b9-5+/t21-,22-/m1/s1. The predicted octanol–water partition coefficient (Wildman–Crippen LogP) is 4.68. The number of sulfonamides is 1. The van der Waals surface area contributed by atoms with Gasteiger partial charge in [0.25, 0.3) is 0 Å². The molecule has 0 fully saturated rings. The Hall–Kier alpha value is -1.97. The number of ether oxygens (including phenoxy) is 1. The lowest BCUT2D eigenvalue weighted by Crippen LogP contribution is -2.45. The Morgan fingerprint density at radius 1 is 1.20 bits per heavy atom. The molecule has 0 N–H and O–H groups in total. The lowest BCUT2D eigenvalue weighted by molar-refractivity contribution is -0.143. The second kappa shape index (κ2) is 10.9. The van der Waals surface area contributed by atoms with Crippen LogP contribution in [0.1, 0.15) is 24.0 Å². The molecule has 7 heteroatoms. The van der Waals surface area contributed by atoms with Crippen LogP contribution in [-0.2, 0) is 19.6 Å². The summed E-state index contributed by atoms with van der Waals surface area (Å²) in [5.41, 5.74) is 1.67. The van der Waals surface area contributed by atoms with Crippen LogP contribution in [0.25, 0.3) is 0 Å². The van der Waals surface area contributed by atoms with Crippen molar-refractivity contribution >= 4 is 38.6 Å². The van der Waals surface area contributed by atoms with E-state index in [1.807, 2.05) is 31.2 Å². The molecular weight excluding hydrogens is 513 g/mol. The fourth-order valence-electron chi connectivity index (χ4n) is 3.23. The molecule has 160 valence electrons. The van der Waals surface area contributed by atoms with Crippen LogP contribution in [0.5, 0.6) is 0 Å². The van der Waals surface area contributed by atoms with Crippen molar-refractivity contribution < 1.29 is 17.9 Å². The van der Waals surface area contributed by atoms with E-state index in [-0.39, 0.29) is 11.4 Å². The lowest BCUT2D eigenvalue weighted by Gasteiger charge is -2.33. The number of aryl methyl sites for hydroxylation is 1. The number of nitrogens with zero attached hydrogens (tertiary/aromatic N) is 1. The van der Waals surface area contributed by atoms with Gasteiger partial charge in [0.05, 0.1) is 18.0 Å². The molecule has 0 aliphatic rings. The van der Waals surface area contributed by atoms with Crippen molar-refractivity contribution in [3.8, 4) is 0 Å². The number of halogens is 1. The number of hydrogen-bond donors (Lipinski definition) is 0. The van der Waals surface area contributed by atoms with Gasteiger partial charge in [-0.1, -0.05) is 54.1 Å². The van der Waals surface area contributed by atoms with Crippen LogP contribution in [0.15, 0.2) is 78.2 Å². The average Bonchev–Trinajstić information content (AvgIpc) is 2.73. The van der Waals surface area contributed by atoms with Crippen LogP contribution in [0.3, 0.4) is 0 Å².